The normalized spacial score (nSPS) is 15.8. The van der Waals surface area contributed by atoms with Crippen LogP contribution in [0.15, 0.2) is 24.3 Å². The third kappa shape index (κ3) is 3.19. The lowest BCUT2D eigenvalue weighted by atomic mass is 10.2. The third-order valence-electron chi connectivity index (χ3n) is 3.28. The summed E-state index contributed by atoms with van der Waals surface area (Å²) in [5.74, 6) is 0. The number of hydrogen-bond acceptors (Lipinski definition) is 4. The Balaban J connectivity index is 2.29. The van der Waals surface area contributed by atoms with Crippen LogP contribution in [0, 0.1) is 0 Å². The Hall–Kier alpha value is -1.27. The first-order chi connectivity index (χ1) is 8.89. The predicted molar refractivity (Wildman–Crippen MR) is 79.4 cm³/mol. The van der Waals surface area contributed by atoms with Crippen molar-refractivity contribution in [1.29, 1.82) is 0 Å². The standard InChI is InChI=1S/C13H21N3O2S/c1-14(2)8-9-15-10-11-16(19(3,17)18)13-7-5-4-6-12(13)15/h4-7H,8-11H2,1-3H3. The van der Waals surface area contributed by atoms with Gasteiger partial charge >= 0.3 is 0 Å². The summed E-state index contributed by atoms with van der Waals surface area (Å²) in [6.45, 7) is 3.11. The fourth-order valence-corrected chi connectivity index (χ4v) is 3.22. The molecule has 19 heavy (non-hydrogen) atoms. The molecule has 0 saturated heterocycles. The van der Waals surface area contributed by atoms with Gasteiger partial charge in [0, 0.05) is 19.6 Å². The first kappa shape index (κ1) is 14.1. The van der Waals surface area contributed by atoms with E-state index in [1.165, 1.54) is 10.6 Å². The average molecular weight is 283 g/mol. The molecule has 106 valence electrons. The summed E-state index contributed by atoms with van der Waals surface area (Å²) in [6, 6.07) is 7.69. The summed E-state index contributed by atoms with van der Waals surface area (Å²) in [7, 11) is 0.883. The third-order valence-corrected chi connectivity index (χ3v) is 4.46. The molecule has 0 amide bonds. The van der Waals surface area contributed by atoms with Crippen LogP contribution in [0.2, 0.25) is 0 Å². The van der Waals surface area contributed by atoms with Gasteiger partial charge in [0.2, 0.25) is 10.0 Å². The molecule has 0 fully saturated rings. The van der Waals surface area contributed by atoms with Gasteiger partial charge in [0.15, 0.2) is 0 Å². The zero-order valence-corrected chi connectivity index (χ0v) is 12.5. The Morgan fingerprint density at radius 1 is 1.16 bits per heavy atom. The van der Waals surface area contributed by atoms with E-state index in [0.717, 1.165) is 31.0 Å². The first-order valence-corrected chi connectivity index (χ1v) is 8.21. The molecule has 0 N–H and O–H groups in total. The van der Waals surface area contributed by atoms with Crippen LogP contribution in [0.25, 0.3) is 0 Å². The van der Waals surface area contributed by atoms with Crippen LogP contribution >= 0.6 is 0 Å². The van der Waals surface area contributed by atoms with Crippen LogP contribution in [0.5, 0.6) is 0 Å². The molecular weight excluding hydrogens is 262 g/mol. The van der Waals surface area contributed by atoms with Gasteiger partial charge in [0.1, 0.15) is 0 Å². The van der Waals surface area contributed by atoms with Gasteiger partial charge in [-0.3, -0.25) is 4.31 Å². The molecule has 1 aliphatic rings. The molecule has 0 radical (unpaired) electrons. The molecule has 1 aromatic carbocycles. The molecule has 0 saturated carbocycles. The fourth-order valence-electron chi connectivity index (χ4n) is 2.29. The summed E-state index contributed by atoms with van der Waals surface area (Å²) in [4.78, 5) is 4.38. The number of sulfonamides is 1. The smallest absolute Gasteiger partial charge is 0.232 e. The van der Waals surface area contributed by atoms with E-state index in [9.17, 15) is 8.42 Å². The lowest BCUT2D eigenvalue weighted by Gasteiger charge is -2.38. The highest BCUT2D eigenvalue weighted by molar-refractivity contribution is 7.92. The summed E-state index contributed by atoms with van der Waals surface area (Å²) in [5.41, 5.74) is 1.79. The Labute approximate surface area is 115 Å². The summed E-state index contributed by atoms with van der Waals surface area (Å²) in [5, 5.41) is 0. The van der Waals surface area contributed by atoms with Crippen molar-refractivity contribution in [2.24, 2.45) is 0 Å². The Bertz CT molecular complexity index is 543. The molecule has 0 atom stereocenters. The number of fused-ring (bicyclic) bond motifs is 1. The Kier molecular flexibility index (Phi) is 4.01. The van der Waals surface area contributed by atoms with E-state index in [1.807, 2.05) is 38.4 Å². The number of nitrogens with zero attached hydrogens (tertiary/aromatic N) is 3. The van der Waals surface area contributed by atoms with Crippen molar-refractivity contribution in [2.45, 2.75) is 0 Å². The molecule has 0 bridgehead atoms. The monoisotopic (exact) mass is 283 g/mol. The molecule has 6 heteroatoms. The molecule has 0 aliphatic carbocycles. The minimum Gasteiger partial charge on any atom is -0.367 e. The van der Waals surface area contributed by atoms with Gasteiger partial charge in [-0.15, -0.1) is 0 Å². The van der Waals surface area contributed by atoms with E-state index in [-0.39, 0.29) is 0 Å². The summed E-state index contributed by atoms with van der Waals surface area (Å²) < 4.78 is 25.1. The van der Waals surface area contributed by atoms with Gasteiger partial charge in [-0.25, -0.2) is 8.42 Å². The minimum absolute atomic E-state index is 0.517. The second-order valence-electron chi connectivity index (χ2n) is 5.11. The Morgan fingerprint density at radius 2 is 1.79 bits per heavy atom. The molecule has 5 nitrogen and oxygen atoms in total. The van der Waals surface area contributed by atoms with Crippen LogP contribution in [0.3, 0.4) is 0 Å². The number of rotatable bonds is 4. The molecule has 1 heterocycles. The number of hydrogen-bond donors (Lipinski definition) is 0. The van der Waals surface area contributed by atoms with Crippen molar-refractivity contribution in [1.82, 2.24) is 4.90 Å². The van der Waals surface area contributed by atoms with Crippen molar-refractivity contribution < 1.29 is 8.42 Å². The van der Waals surface area contributed by atoms with Gasteiger partial charge in [0.25, 0.3) is 0 Å². The van der Waals surface area contributed by atoms with Crippen LogP contribution in [-0.2, 0) is 10.0 Å². The molecule has 2 rings (SSSR count). The second kappa shape index (κ2) is 5.38. The van der Waals surface area contributed by atoms with E-state index >= 15 is 0 Å². The molecular formula is C13H21N3O2S. The zero-order chi connectivity index (χ0) is 14.0. The van der Waals surface area contributed by atoms with Crippen molar-refractivity contribution in [2.75, 3.05) is 55.7 Å². The van der Waals surface area contributed by atoms with Gasteiger partial charge in [-0.2, -0.15) is 0 Å². The van der Waals surface area contributed by atoms with E-state index in [1.54, 1.807) is 0 Å². The van der Waals surface area contributed by atoms with E-state index in [2.05, 4.69) is 9.80 Å². The Morgan fingerprint density at radius 3 is 2.37 bits per heavy atom. The van der Waals surface area contributed by atoms with E-state index in [0.29, 0.717) is 6.54 Å². The highest BCUT2D eigenvalue weighted by atomic mass is 32.2. The fraction of sp³-hybridized carbons (Fsp3) is 0.538. The number of likely N-dealkylation sites (N-methyl/N-ethyl adjacent to an activating group) is 1. The lowest BCUT2D eigenvalue weighted by Crippen LogP contribution is -2.45. The molecule has 0 aromatic heterocycles. The van der Waals surface area contributed by atoms with Gasteiger partial charge in [0.05, 0.1) is 24.2 Å². The van der Waals surface area contributed by atoms with Crippen LogP contribution in [0.1, 0.15) is 0 Å². The summed E-state index contributed by atoms with van der Waals surface area (Å²) >= 11 is 0. The van der Waals surface area contributed by atoms with E-state index in [4.69, 9.17) is 0 Å². The molecule has 0 unspecified atom stereocenters. The SMILES string of the molecule is CN(C)CCN1CCN(S(C)(=O)=O)c2ccccc21. The van der Waals surface area contributed by atoms with Crippen LogP contribution in [0.4, 0.5) is 11.4 Å². The van der Waals surface area contributed by atoms with Gasteiger partial charge in [-0.1, -0.05) is 12.1 Å². The highest BCUT2D eigenvalue weighted by Crippen LogP contribution is 2.33. The van der Waals surface area contributed by atoms with Gasteiger partial charge in [-0.05, 0) is 26.2 Å². The van der Waals surface area contributed by atoms with Crippen molar-refractivity contribution >= 4 is 21.4 Å². The maximum absolute atomic E-state index is 11.8. The molecule has 1 aliphatic heterocycles. The predicted octanol–water partition coefficient (Wildman–Crippen LogP) is 0.834. The lowest BCUT2D eigenvalue weighted by molar-refractivity contribution is 0.413. The van der Waals surface area contributed by atoms with Crippen molar-refractivity contribution in [3.8, 4) is 0 Å². The van der Waals surface area contributed by atoms with Gasteiger partial charge < -0.3 is 9.80 Å². The number of para-hydroxylation sites is 2. The zero-order valence-electron chi connectivity index (χ0n) is 11.7. The van der Waals surface area contributed by atoms with Crippen molar-refractivity contribution in [3.05, 3.63) is 24.3 Å². The molecule has 1 aromatic rings. The topological polar surface area (TPSA) is 43.9 Å². The maximum atomic E-state index is 11.8. The largest absolute Gasteiger partial charge is 0.367 e. The highest BCUT2D eigenvalue weighted by Gasteiger charge is 2.27. The number of anilines is 2. The average Bonchev–Trinajstić information content (AvgIpc) is 2.34. The first-order valence-electron chi connectivity index (χ1n) is 6.36. The molecule has 0 spiro atoms. The number of benzene rings is 1. The summed E-state index contributed by atoms with van der Waals surface area (Å²) in [6.07, 6.45) is 1.26. The van der Waals surface area contributed by atoms with Crippen molar-refractivity contribution in [3.63, 3.8) is 0 Å². The second-order valence-corrected chi connectivity index (χ2v) is 7.02. The van der Waals surface area contributed by atoms with Crippen LogP contribution in [-0.4, -0.2) is 59.8 Å². The quantitative estimate of drug-likeness (QED) is 0.821. The van der Waals surface area contributed by atoms with E-state index < -0.39 is 10.0 Å². The minimum atomic E-state index is -3.20. The maximum Gasteiger partial charge on any atom is 0.232 e. The van der Waals surface area contributed by atoms with Crippen LogP contribution < -0.4 is 9.21 Å².